The number of alkyl halides is 3. The molecular weight excluding hydrogens is 431 g/mol. The maximum absolute atomic E-state index is 12.7. The molecule has 0 aliphatic rings. The van der Waals surface area contributed by atoms with Crippen LogP contribution in [0.2, 0.25) is 0 Å². The summed E-state index contributed by atoms with van der Waals surface area (Å²) in [7, 11) is 0. The SMILES string of the molecule is O=C(NCCNc1ccc(C(F)(F)F)cc1[N+](=O)[O-])NCc1ccc(-n2ccnc2)nc1. The van der Waals surface area contributed by atoms with E-state index in [0.717, 1.165) is 17.7 Å². The number of carbonyl (C=O) groups excluding carboxylic acids is 1. The minimum atomic E-state index is -4.68. The molecule has 13 heteroatoms. The van der Waals surface area contributed by atoms with Crippen molar-refractivity contribution in [3.8, 4) is 5.82 Å². The molecule has 3 aromatic rings. The van der Waals surface area contributed by atoms with E-state index in [9.17, 15) is 28.1 Å². The third kappa shape index (κ3) is 5.93. The third-order valence-electron chi connectivity index (χ3n) is 4.28. The van der Waals surface area contributed by atoms with Crippen molar-refractivity contribution in [2.45, 2.75) is 12.7 Å². The number of nitrogens with zero attached hydrogens (tertiary/aromatic N) is 4. The van der Waals surface area contributed by atoms with Gasteiger partial charge in [-0.3, -0.25) is 14.7 Å². The van der Waals surface area contributed by atoms with E-state index in [0.29, 0.717) is 11.9 Å². The van der Waals surface area contributed by atoms with Gasteiger partial charge in [0, 0.05) is 44.3 Å². The lowest BCUT2D eigenvalue weighted by Crippen LogP contribution is -2.37. The van der Waals surface area contributed by atoms with E-state index in [4.69, 9.17) is 0 Å². The lowest BCUT2D eigenvalue weighted by atomic mass is 10.1. The Labute approximate surface area is 179 Å². The number of nitro groups is 1. The van der Waals surface area contributed by atoms with Crippen molar-refractivity contribution in [3.63, 3.8) is 0 Å². The van der Waals surface area contributed by atoms with Crippen LogP contribution in [0.4, 0.5) is 29.3 Å². The Morgan fingerprint density at radius 1 is 1.16 bits per heavy atom. The van der Waals surface area contributed by atoms with E-state index in [2.05, 4.69) is 25.9 Å². The molecule has 10 nitrogen and oxygen atoms in total. The van der Waals surface area contributed by atoms with Crippen molar-refractivity contribution in [3.05, 3.63) is 76.5 Å². The number of amides is 2. The molecule has 0 bridgehead atoms. The molecule has 0 saturated heterocycles. The average molecular weight is 449 g/mol. The first-order chi connectivity index (χ1) is 15.2. The molecule has 0 spiro atoms. The van der Waals surface area contributed by atoms with Gasteiger partial charge in [-0.15, -0.1) is 0 Å². The Hall–Kier alpha value is -4.16. The highest BCUT2D eigenvalue weighted by molar-refractivity contribution is 5.73. The second-order valence-electron chi connectivity index (χ2n) is 6.52. The number of aromatic nitrogens is 3. The molecule has 3 N–H and O–H groups in total. The van der Waals surface area contributed by atoms with Crippen molar-refractivity contribution in [2.24, 2.45) is 0 Å². The molecular formula is C19H18F3N7O3. The summed E-state index contributed by atoms with van der Waals surface area (Å²) in [4.78, 5) is 30.3. The number of hydrogen-bond acceptors (Lipinski definition) is 6. The molecule has 0 fully saturated rings. The molecule has 2 heterocycles. The number of hydrogen-bond donors (Lipinski definition) is 3. The zero-order chi connectivity index (χ0) is 23.1. The van der Waals surface area contributed by atoms with Gasteiger partial charge in [0.05, 0.1) is 10.5 Å². The van der Waals surface area contributed by atoms with Crippen LogP contribution in [-0.4, -0.2) is 38.6 Å². The summed E-state index contributed by atoms with van der Waals surface area (Å²) in [5.74, 6) is 0.680. The fourth-order valence-corrected chi connectivity index (χ4v) is 2.70. The quantitative estimate of drug-likeness (QED) is 0.276. The summed E-state index contributed by atoms with van der Waals surface area (Å²) in [6.45, 7) is 0.378. The monoisotopic (exact) mass is 449 g/mol. The van der Waals surface area contributed by atoms with Gasteiger partial charge in [-0.05, 0) is 23.8 Å². The number of rotatable bonds is 8. The topological polar surface area (TPSA) is 127 Å². The van der Waals surface area contributed by atoms with Gasteiger partial charge in [-0.1, -0.05) is 6.07 Å². The maximum Gasteiger partial charge on any atom is 0.416 e. The molecule has 0 aliphatic carbocycles. The highest BCUT2D eigenvalue weighted by Gasteiger charge is 2.33. The number of anilines is 1. The summed E-state index contributed by atoms with van der Waals surface area (Å²) in [6, 6.07) is 5.30. The van der Waals surface area contributed by atoms with E-state index in [1.54, 1.807) is 41.6 Å². The molecule has 2 aromatic heterocycles. The molecule has 2 amide bonds. The molecule has 0 atom stereocenters. The molecule has 0 radical (unpaired) electrons. The fraction of sp³-hybridized carbons (Fsp3) is 0.211. The molecule has 3 rings (SSSR count). The van der Waals surface area contributed by atoms with Gasteiger partial charge < -0.3 is 16.0 Å². The molecule has 1 aromatic carbocycles. The average Bonchev–Trinajstić information content (AvgIpc) is 3.30. The molecule has 32 heavy (non-hydrogen) atoms. The normalized spacial score (nSPS) is 11.1. The number of nitrogens with one attached hydrogen (secondary N) is 3. The Morgan fingerprint density at radius 2 is 1.97 bits per heavy atom. The summed E-state index contributed by atoms with van der Waals surface area (Å²) in [6.07, 6.45) is 1.92. The van der Waals surface area contributed by atoms with Crippen LogP contribution in [0, 0.1) is 10.1 Å². The van der Waals surface area contributed by atoms with Gasteiger partial charge in [0.2, 0.25) is 0 Å². The lowest BCUT2D eigenvalue weighted by Gasteiger charge is -2.11. The number of nitro benzene ring substituents is 1. The minimum Gasteiger partial charge on any atom is -0.378 e. The van der Waals surface area contributed by atoms with Crippen LogP contribution in [-0.2, 0) is 12.7 Å². The zero-order valence-electron chi connectivity index (χ0n) is 16.5. The number of urea groups is 1. The van der Waals surface area contributed by atoms with Crippen LogP contribution in [0.5, 0.6) is 0 Å². The van der Waals surface area contributed by atoms with E-state index in [1.807, 2.05) is 0 Å². The summed E-state index contributed by atoms with van der Waals surface area (Å²) >= 11 is 0. The Kier molecular flexibility index (Phi) is 6.87. The minimum absolute atomic E-state index is 0.0702. The standard InChI is InChI=1S/C19H18F3N7O3/c20-19(21,22)14-2-3-15(16(9-14)29(31)32)24-5-6-25-18(30)27-11-13-1-4-17(26-10-13)28-8-7-23-12-28/h1-4,7-10,12,24H,5-6,11H2,(H2,25,27,30). The zero-order valence-corrected chi connectivity index (χ0v) is 16.5. The van der Waals surface area contributed by atoms with Gasteiger partial charge in [-0.25, -0.2) is 14.8 Å². The van der Waals surface area contributed by atoms with Crippen LogP contribution in [0.25, 0.3) is 5.82 Å². The van der Waals surface area contributed by atoms with Gasteiger partial charge in [0.1, 0.15) is 17.8 Å². The van der Waals surface area contributed by atoms with Crippen LogP contribution >= 0.6 is 0 Å². The fourth-order valence-electron chi connectivity index (χ4n) is 2.70. The number of carbonyl (C=O) groups is 1. The second kappa shape index (κ2) is 9.76. The lowest BCUT2D eigenvalue weighted by molar-refractivity contribution is -0.384. The Bertz CT molecular complexity index is 1070. The smallest absolute Gasteiger partial charge is 0.378 e. The van der Waals surface area contributed by atoms with Gasteiger partial charge >= 0.3 is 12.2 Å². The second-order valence-corrected chi connectivity index (χ2v) is 6.52. The van der Waals surface area contributed by atoms with E-state index < -0.39 is 28.4 Å². The number of pyridine rings is 1. The van der Waals surface area contributed by atoms with Crippen molar-refractivity contribution >= 4 is 17.4 Å². The van der Waals surface area contributed by atoms with E-state index in [-0.39, 0.29) is 25.3 Å². The van der Waals surface area contributed by atoms with Gasteiger partial charge in [0.15, 0.2) is 0 Å². The van der Waals surface area contributed by atoms with Gasteiger partial charge in [0.25, 0.3) is 5.69 Å². The first-order valence-corrected chi connectivity index (χ1v) is 9.28. The number of benzene rings is 1. The number of halogens is 3. The van der Waals surface area contributed by atoms with Crippen molar-refractivity contribution in [1.29, 1.82) is 0 Å². The summed E-state index contributed by atoms with van der Waals surface area (Å²) in [5.41, 5.74) is -1.12. The van der Waals surface area contributed by atoms with E-state index in [1.165, 1.54) is 0 Å². The number of imidazole rings is 1. The van der Waals surface area contributed by atoms with Gasteiger partial charge in [-0.2, -0.15) is 13.2 Å². The predicted molar refractivity (Wildman–Crippen MR) is 108 cm³/mol. The highest BCUT2D eigenvalue weighted by atomic mass is 19.4. The van der Waals surface area contributed by atoms with E-state index >= 15 is 0 Å². The Balaban J connectivity index is 1.44. The first-order valence-electron chi connectivity index (χ1n) is 9.28. The summed E-state index contributed by atoms with van der Waals surface area (Å²) in [5, 5.41) is 18.9. The van der Waals surface area contributed by atoms with Crippen LogP contribution in [0.1, 0.15) is 11.1 Å². The molecule has 0 saturated carbocycles. The molecule has 0 aliphatic heterocycles. The largest absolute Gasteiger partial charge is 0.416 e. The third-order valence-corrected chi connectivity index (χ3v) is 4.28. The highest BCUT2D eigenvalue weighted by Crippen LogP contribution is 2.34. The molecule has 168 valence electrons. The van der Waals surface area contributed by atoms with Crippen molar-refractivity contribution in [1.82, 2.24) is 25.2 Å². The van der Waals surface area contributed by atoms with Crippen molar-refractivity contribution in [2.75, 3.05) is 18.4 Å². The van der Waals surface area contributed by atoms with Crippen LogP contribution < -0.4 is 16.0 Å². The first kappa shape index (κ1) is 22.5. The van der Waals surface area contributed by atoms with Crippen LogP contribution in [0.15, 0.2) is 55.2 Å². The Morgan fingerprint density at radius 3 is 2.59 bits per heavy atom. The van der Waals surface area contributed by atoms with Crippen LogP contribution in [0.3, 0.4) is 0 Å². The maximum atomic E-state index is 12.7. The summed E-state index contributed by atoms with van der Waals surface area (Å²) < 4.78 is 39.9. The molecule has 0 unspecified atom stereocenters. The predicted octanol–water partition coefficient (Wildman–Crippen LogP) is 3.11. The van der Waals surface area contributed by atoms with Crippen molar-refractivity contribution < 1.29 is 22.9 Å².